The van der Waals surface area contributed by atoms with Gasteiger partial charge in [-0.1, -0.05) is 6.07 Å². The maximum atomic E-state index is 9.12. The highest BCUT2D eigenvalue weighted by Gasteiger charge is 1.95. The van der Waals surface area contributed by atoms with Crippen LogP contribution in [0.4, 0.5) is 0 Å². The predicted molar refractivity (Wildman–Crippen MR) is 41.8 cm³/mol. The number of hydrogen-bond donors (Lipinski definition) is 2. The van der Waals surface area contributed by atoms with Gasteiger partial charge in [-0.2, -0.15) is 0 Å². The molecule has 0 bridgehead atoms. The Morgan fingerprint density at radius 2 is 2.18 bits per heavy atom. The summed E-state index contributed by atoms with van der Waals surface area (Å²) in [4.78, 5) is 4.43. The Morgan fingerprint density at radius 1 is 1.45 bits per heavy atom. The molecule has 0 aliphatic carbocycles. The first-order valence-corrected chi connectivity index (χ1v) is 3.33. The van der Waals surface area contributed by atoms with Gasteiger partial charge in [0.2, 0.25) is 0 Å². The van der Waals surface area contributed by atoms with Gasteiger partial charge in [-0.15, -0.1) is 0 Å². The molecule has 3 heteroatoms. The van der Waals surface area contributed by atoms with Gasteiger partial charge in [0.05, 0.1) is 6.61 Å². The average molecular weight is 153 g/mol. The molecule has 0 atom stereocenters. The number of rotatable bonds is 2. The smallest absolute Gasteiger partial charge is 0.116 e. The van der Waals surface area contributed by atoms with E-state index in [0.717, 1.165) is 11.1 Å². The largest absolute Gasteiger partial charge is 0.508 e. The van der Waals surface area contributed by atoms with Gasteiger partial charge in [0.15, 0.2) is 0 Å². The lowest BCUT2D eigenvalue weighted by Crippen LogP contribution is -1.98. The Kier molecular flexibility index (Phi) is 2.46. The SMILES string of the molecule is Cc1cc(O)cc(CON)c1. The van der Waals surface area contributed by atoms with Crippen molar-refractivity contribution in [2.24, 2.45) is 5.90 Å². The van der Waals surface area contributed by atoms with Gasteiger partial charge in [-0.3, -0.25) is 4.84 Å². The van der Waals surface area contributed by atoms with Crippen LogP contribution in [0.1, 0.15) is 11.1 Å². The number of benzene rings is 1. The quantitative estimate of drug-likeness (QED) is 0.625. The molecule has 0 unspecified atom stereocenters. The van der Waals surface area contributed by atoms with E-state index in [-0.39, 0.29) is 5.75 Å². The van der Waals surface area contributed by atoms with Crippen LogP contribution < -0.4 is 5.90 Å². The average Bonchev–Trinajstić information content (AvgIpc) is 1.85. The summed E-state index contributed by atoms with van der Waals surface area (Å²) in [5.74, 6) is 5.13. The van der Waals surface area contributed by atoms with Crippen LogP contribution in [0.3, 0.4) is 0 Å². The van der Waals surface area contributed by atoms with Crippen LogP contribution in [0.25, 0.3) is 0 Å². The fraction of sp³-hybridized carbons (Fsp3) is 0.250. The normalized spacial score (nSPS) is 10.0. The molecule has 0 saturated carbocycles. The molecule has 60 valence electrons. The van der Waals surface area contributed by atoms with E-state index in [1.165, 1.54) is 0 Å². The molecule has 3 nitrogen and oxygen atoms in total. The van der Waals surface area contributed by atoms with E-state index in [0.29, 0.717) is 6.61 Å². The fourth-order valence-corrected chi connectivity index (χ4v) is 1.02. The number of nitrogens with two attached hydrogens (primary N) is 1. The molecule has 3 N–H and O–H groups in total. The van der Waals surface area contributed by atoms with E-state index in [9.17, 15) is 0 Å². The van der Waals surface area contributed by atoms with Crippen molar-refractivity contribution in [2.45, 2.75) is 13.5 Å². The van der Waals surface area contributed by atoms with Gasteiger partial charge in [-0.25, -0.2) is 5.90 Å². The lowest BCUT2D eigenvalue weighted by Gasteiger charge is -2.01. The second kappa shape index (κ2) is 3.37. The third kappa shape index (κ3) is 2.22. The summed E-state index contributed by atoms with van der Waals surface area (Å²) < 4.78 is 0. The van der Waals surface area contributed by atoms with Crippen LogP contribution in [0.5, 0.6) is 5.75 Å². The van der Waals surface area contributed by atoms with E-state index >= 15 is 0 Å². The molecule has 1 aromatic carbocycles. The molecule has 11 heavy (non-hydrogen) atoms. The topological polar surface area (TPSA) is 55.5 Å². The molecule has 0 aliphatic rings. The standard InChI is InChI=1S/C8H11NO2/c1-6-2-7(5-11-9)4-8(10)3-6/h2-4,10H,5,9H2,1H3. The molecular formula is C8H11NO2. The summed E-state index contributed by atoms with van der Waals surface area (Å²) >= 11 is 0. The van der Waals surface area contributed by atoms with Gasteiger partial charge in [0.1, 0.15) is 5.75 Å². The van der Waals surface area contributed by atoms with Crippen LogP contribution in [0.15, 0.2) is 18.2 Å². The van der Waals surface area contributed by atoms with Crippen LogP contribution in [0.2, 0.25) is 0 Å². The molecular weight excluding hydrogens is 142 g/mol. The highest BCUT2D eigenvalue weighted by molar-refractivity contribution is 5.32. The minimum atomic E-state index is 0.247. The molecule has 0 fully saturated rings. The van der Waals surface area contributed by atoms with Crippen molar-refractivity contribution in [2.75, 3.05) is 0 Å². The maximum absolute atomic E-state index is 9.12. The molecule has 1 aromatic rings. The van der Waals surface area contributed by atoms with Crippen molar-refractivity contribution in [1.82, 2.24) is 0 Å². The minimum absolute atomic E-state index is 0.247. The number of hydrogen-bond acceptors (Lipinski definition) is 3. The second-order valence-electron chi connectivity index (χ2n) is 2.49. The number of aromatic hydroxyl groups is 1. The van der Waals surface area contributed by atoms with Crippen molar-refractivity contribution < 1.29 is 9.94 Å². The number of phenols is 1. The van der Waals surface area contributed by atoms with Crippen molar-refractivity contribution >= 4 is 0 Å². The molecule has 0 radical (unpaired) electrons. The molecule has 0 aliphatic heterocycles. The highest BCUT2D eigenvalue weighted by Crippen LogP contribution is 2.14. The van der Waals surface area contributed by atoms with E-state index in [1.54, 1.807) is 12.1 Å². The number of phenolic OH excluding ortho intramolecular Hbond substituents is 1. The monoisotopic (exact) mass is 153 g/mol. The Hall–Kier alpha value is -1.06. The summed E-state index contributed by atoms with van der Waals surface area (Å²) in [6.45, 7) is 2.23. The van der Waals surface area contributed by atoms with Crippen molar-refractivity contribution in [3.63, 3.8) is 0 Å². The summed E-state index contributed by atoms with van der Waals surface area (Å²) in [5, 5.41) is 9.12. The van der Waals surface area contributed by atoms with E-state index < -0.39 is 0 Å². The van der Waals surface area contributed by atoms with Crippen LogP contribution in [-0.2, 0) is 11.4 Å². The van der Waals surface area contributed by atoms with Crippen molar-refractivity contribution in [1.29, 1.82) is 0 Å². The highest BCUT2D eigenvalue weighted by atomic mass is 16.6. The van der Waals surface area contributed by atoms with Crippen LogP contribution in [-0.4, -0.2) is 5.11 Å². The molecule has 0 aromatic heterocycles. The Labute approximate surface area is 65.4 Å². The first-order chi connectivity index (χ1) is 5.22. The minimum Gasteiger partial charge on any atom is -0.508 e. The molecule has 0 spiro atoms. The first kappa shape index (κ1) is 8.04. The Bertz CT molecular complexity index is 228. The zero-order valence-electron chi connectivity index (χ0n) is 6.37. The van der Waals surface area contributed by atoms with Gasteiger partial charge >= 0.3 is 0 Å². The first-order valence-electron chi connectivity index (χ1n) is 3.33. The second-order valence-corrected chi connectivity index (χ2v) is 2.49. The Morgan fingerprint density at radius 3 is 2.73 bits per heavy atom. The van der Waals surface area contributed by atoms with Gasteiger partial charge in [-0.05, 0) is 30.2 Å². The fourth-order valence-electron chi connectivity index (χ4n) is 1.02. The summed E-state index contributed by atoms with van der Waals surface area (Å²) in [7, 11) is 0. The lowest BCUT2D eigenvalue weighted by atomic mass is 10.1. The van der Waals surface area contributed by atoms with Crippen molar-refractivity contribution in [3.05, 3.63) is 29.3 Å². The number of aryl methyl sites for hydroxylation is 1. The Balaban J connectivity index is 2.89. The van der Waals surface area contributed by atoms with Gasteiger partial charge < -0.3 is 5.11 Å². The van der Waals surface area contributed by atoms with Gasteiger partial charge in [0, 0.05) is 0 Å². The van der Waals surface area contributed by atoms with E-state index in [2.05, 4.69) is 4.84 Å². The van der Waals surface area contributed by atoms with Crippen molar-refractivity contribution in [3.8, 4) is 5.75 Å². The van der Waals surface area contributed by atoms with Crippen LogP contribution >= 0.6 is 0 Å². The zero-order chi connectivity index (χ0) is 8.27. The van der Waals surface area contributed by atoms with Gasteiger partial charge in [0.25, 0.3) is 0 Å². The zero-order valence-corrected chi connectivity index (χ0v) is 6.37. The maximum Gasteiger partial charge on any atom is 0.116 e. The summed E-state index contributed by atoms with van der Waals surface area (Å²) in [6.07, 6.45) is 0. The van der Waals surface area contributed by atoms with Crippen LogP contribution in [0, 0.1) is 6.92 Å². The predicted octanol–water partition coefficient (Wildman–Crippen LogP) is 1.09. The summed E-state index contributed by atoms with van der Waals surface area (Å²) in [6, 6.07) is 5.21. The summed E-state index contributed by atoms with van der Waals surface area (Å²) in [5.41, 5.74) is 1.88. The molecule has 0 heterocycles. The van der Waals surface area contributed by atoms with E-state index in [4.69, 9.17) is 11.0 Å². The van der Waals surface area contributed by atoms with E-state index in [1.807, 2.05) is 13.0 Å². The molecule has 1 rings (SSSR count). The third-order valence-corrected chi connectivity index (χ3v) is 1.37. The third-order valence-electron chi connectivity index (χ3n) is 1.37. The molecule has 0 saturated heterocycles. The molecule has 0 amide bonds. The lowest BCUT2D eigenvalue weighted by molar-refractivity contribution is 0.124.